The van der Waals surface area contributed by atoms with Crippen LogP contribution >= 0.6 is 0 Å². The summed E-state index contributed by atoms with van der Waals surface area (Å²) in [4.78, 5) is 15.2. The van der Waals surface area contributed by atoms with Crippen molar-refractivity contribution in [3.05, 3.63) is 42.0 Å². The van der Waals surface area contributed by atoms with E-state index in [4.69, 9.17) is 0 Å². The van der Waals surface area contributed by atoms with Gasteiger partial charge in [-0.25, -0.2) is 22.9 Å². The van der Waals surface area contributed by atoms with Gasteiger partial charge in [-0.1, -0.05) is 12.1 Å². The third-order valence-corrected chi connectivity index (χ3v) is 3.94. The van der Waals surface area contributed by atoms with E-state index in [2.05, 4.69) is 24.6 Å². The number of carbonyl (C=O) groups is 1. The van der Waals surface area contributed by atoms with E-state index in [0.717, 1.165) is 0 Å². The highest BCUT2D eigenvalue weighted by molar-refractivity contribution is 7.89. The molecule has 0 atom stereocenters. The average Bonchev–Trinajstić information content (AvgIpc) is 2.98. The number of sulfonamides is 1. The van der Waals surface area contributed by atoms with Crippen LogP contribution < -0.4 is 4.72 Å². The lowest BCUT2D eigenvalue weighted by Gasteiger charge is -2.09. The average molecular weight is 296 g/mol. The van der Waals surface area contributed by atoms with Crippen LogP contribution in [0.5, 0.6) is 0 Å². The minimum Gasteiger partial charge on any atom is -0.465 e. The molecule has 0 unspecified atom stereocenters. The van der Waals surface area contributed by atoms with Crippen molar-refractivity contribution in [3.8, 4) is 0 Å². The molecule has 0 saturated carbocycles. The smallest absolute Gasteiger partial charge is 0.339 e. The Morgan fingerprint density at radius 2 is 2.15 bits per heavy atom. The summed E-state index contributed by atoms with van der Waals surface area (Å²) in [5.74, 6) is -0.352. The molecule has 1 aromatic heterocycles. The quantitative estimate of drug-likeness (QED) is 0.755. The van der Waals surface area contributed by atoms with Gasteiger partial charge in [0.1, 0.15) is 12.2 Å². The molecule has 0 bridgehead atoms. The Hall–Kier alpha value is -2.26. The second-order valence-electron chi connectivity index (χ2n) is 3.74. The molecule has 106 valence electrons. The highest BCUT2D eigenvalue weighted by Gasteiger charge is 2.22. The summed E-state index contributed by atoms with van der Waals surface area (Å²) in [5.41, 5.74) is -0.0277. The first-order valence-electron chi connectivity index (χ1n) is 5.56. The van der Waals surface area contributed by atoms with E-state index >= 15 is 0 Å². The van der Waals surface area contributed by atoms with Crippen molar-refractivity contribution >= 4 is 16.0 Å². The molecule has 8 nitrogen and oxygen atoms in total. The van der Waals surface area contributed by atoms with Crippen LogP contribution in [0.15, 0.2) is 35.5 Å². The minimum atomic E-state index is -3.86. The number of esters is 1. The zero-order chi connectivity index (χ0) is 14.6. The predicted octanol–water partition coefficient (Wildman–Crippen LogP) is 0.0698. The third-order valence-electron chi connectivity index (χ3n) is 2.48. The van der Waals surface area contributed by atoms with Crippen LogP contribution in [0.4, 0.5) is 0 Å². The molecule has 0 fully saturated rings. The van der Waals surface area contributed by atoms with Gasteiger partial charge in [-0.15, -0.1) is 0 Å². The van der Waals surface area contributed by atoms with Crippen LogP contribution in [-0.2, 0) is 21.3 Å². The van der Waals surface area contributed by atoms with Gasteiger partial charge in [0.2, 0.25) is 10.0 Å². The van der Waals surface area contributed by atoms with Gasteiger partial charge in [0, 0.05) is 0 Å². The first-order chi connectivity index (χ1) is 9.54. The number of rotatable bonds is 5. The second-order valence-corrected chi connectivity index (χ2v) is 5.48. The minimum absolute atomic E-state index is 0.0277. The number of ether oxygens (including phenoxy) is 1. The summed E-state index contributed by atoms with van der Waals surface area (Å²) in [6.45, 7) is -0.0577. The lowest BCUT2D eigenvalue weighted by Crippen LogP contribution is -2.25. The van der Waals surface area contributed by atoms with Crippen molar-refractivity contribution in [1.29, 1.82) is 0 Å². The Kier molecular flexibility index (Phi) is 4.11. The Balaban J connectivity index is 2.27. The zero-order valence-corrected chi connectivity index (χ0v) is 11.3. The SMILES string of the molecule is COC(=O)c1ccccc1S(=O)(=O)NCc1ncn[nH]1. The lowest BCUT2D eigenvalue weighted by molar-refractivity contribution is 0.0596. The lowest BCUT2D eigenvalue weighted by atomic mass is 10.2. The molecule has 0 aliphatic carbocycles. The molecular formula is C11H12N4O4S. The molecule has 0 aliphatic heterocycles. The topological polar surface area (TPSA) is 114 Å². The molecule has 0 amide bonds. The maximum Gasteiger partial charge on any atom is 0.339 e. The fourth-order valence-electron chi connectivity index (χ4n) is 1.54. The van der Waals surface area contributed by atoms with Gasteiger partial charge in [-0.3, -0.25) is 5.10 Å². The van der Waals surface area contributed by atoms with Crippen LogP contribution in [0.2, 0.25) is 0 Å². The zero-order valence-electron chi connectivity index (χ0n) is 10.5. The number of carbonyl (C=O) groups excluding carboxylic acids is 1. The summed E-state index contributed by atoms with van der Waals surface area (Å²) in [5, 5.41) is 6.14. The molecular weight excluding hydrogens is 284 g/mol. The summed E-state index contributed by atoms with van der Waals surface area (Å²) in [6.07, 6.45) is 1.27. The van der Waals surface area contributed by atoms with Gasteiger partial charge in [0.15, 0.2) is 0 Å². The highest BCUT2D eigenvalue weighted by Crippen LogP contribution is 2.16. The van der Waals surface area contributed by atoms with Gasteiger partial charge < -0.3 is 4.74 Å². The number of aromatic nitrogens is 3. The number of nitrogens with one attached hydrogen (secondary N) is 2. The fourth-order valence-corrected chi connectivity index (χ4v) is 2.72. The van der Waals surface area contributed by atoms with E-state index in [1.807, 2.05) is 0 Å². The van der Waals surface area contributed by atoms with Crippen LogP contribution in [0.3, 0.4) is 0 Å². The van der Waals surface area contributed by atoms with E-state index in [0.29, 0.717) is 5.82 Å². The number of nitrogens with zero attached hydrogens (tertiary/aromatic N) is 2. The van der Waals surface area contributed by atoms with E-state index in [1.165, 1.54) is 31.6 Å². The Morgan fingerprint density at radius 3 is 2.80 bits per heavy atom. The molecule has 0 saturated heterocycles. The van der Waals surface area contributed by atoms with Gasteiger partial charge in [0.25, 0.3) is 0 Å². The van der Waals surface area contributed by atoms with E-state index in [1.54, 1.807) is 6.07 Å². The number of benzene rings is 1. The largest absolute Gasteiger partial charge is 0.465 e. The Bertz CT molecular complexity index is 697. The number of aromatic amines is 1. The molecule has 0 radical (unpaired) electrons. The molecule has 2 rings (SSSR count). The molecule has 1 heterocycles. The van der Waals surface area contributed by atoms with Gasteiger partial charge in [0.05, 0.1) is 24.1 Å². The molecule has 20 heavy (non-hydrogen) atoms. The monoisotopic (exact) mass is 296 g/mol. The maximum atomic E-state index is 12.2. The number of hydrogen-bond donors (Lipinski definition) is 2. The molecule has 1 aromatic carbocycles. The second kappa shape index (κ2) is 5.80. The first-order valence-corrected chi connectivity index (χ1v) is 7.04. The molecule has 0 aliphatic rings. The number of methoxy groups -OCH3 is 1. The van der Waals surface area contributed by atoms with Crippen molar-refractivity contribution in [1.82, 2.24) is 19.9 Å². The Morgan fingerprint density at radius 1 is 1.40 bits per heavy atom. The highest BCUT2D eigenvalue weighted by atomic mass is 32.2. The molecule has 9 heteroatoms. The van der Waals surface area contributed by atoms with Crippen LogP contribution in [0.25, 0.3) is 0 Å². The number of hydrogen-bond acceptors (Lipinski definition) is 6. The third kappa shape index (κ3) is 3.00. The predicted molar refractivity (Wildman–Crippen MR) is 68.2 cm³/mol. The van der Waals surface area contributed by atoms with E-state index < -0.39 is 16.0 Å². The summed E-state index contributed by atoms with van der Waals surface area (Å²) in [6, 6.07) is 5.79. The van der Waals surface area contributed by atoms with E-state index in [-0.39, 0.29) is 17.0 Å². The fraction of sp³-hybridized carbons (Fsp3) is 0.182. The van der Waals surface area contributed by atoms with Crippen molar-refractivity contribution in [2.24, 2.45) is 0 Å². The van der Waals surface area contributed by atoms with Gasteiger partial charge in [-0.05, 0) is 12.1 Å². The molecule has 2 aromatic rings. The van der Waals surface area contributed by atoms with Crippen molar-refractivity contribution in [3.63, 3.8) is 0 Å². The van der Waals surface area contributed by atoms with Crippen molar-refractivity contribution in [2.45, 2.75) is 11.4 Å². The van der Waals surface area contributed by atoms with Crippen molar-refractivity contribution < 1.29 is 17.9 Å². The van der Waals surface area contributed by atoms with Crippen LogP contribution in [0, 0.1) is 0 Å². The standard InChI is InChI=1S/C11H12N4O4S/c1-19-11(16)8-4-2-3-5-9(8)20(17,18)14-6-10-12-7-13-15-10/h2-5,7,14H,6H2,1H3,(H,12,13,15). The van der Waals surface area contributed by atoms with Crippen molar-refractivity contribution in [2.75, 3.05) is 7.11 Å². The number of H-pyrrole nitrogens is 1. The van der Waals surface area contributed by atoms with E-state index in [9.17, 15) is 13.2 Å². The van der Waals surface area contributed by atoms with Gasteiger partial charge in [-0.2, -0.15) is 5.10 Å². The summed E-state index contributed by atoms with van der Waals surface area (Å²) >= 11 is 0. The summed E-state index contributed by atoms with van der Waals surface area (Å²) < 4.78 is 31.3. The first kappa shape index (κ1) is 14.2. The van der Waals surface area contributed by atoms with Crippen LogP contribution in [-0.4, -0.2) is 36.7 Å². The van der Waals surface area contributed by atoms with Gasteiger partial charge >= 0.3 is 5.97 Å². The maximum absolute atomic E-state index is 12.2. The Labute approximate surface area is 115 Å². The normalized spacial score (nSPS) is 11.2. The molecule has 2 N–H and O–H groups in total. The molecule has 0 spiro atoms. The summed E-state index contributed by atoms with van der Waals surface area (Å²) in [7, 11) is -2.67. The van der Waals surface area contributed by atoms with Crippen LogP contribution in [0.1, 0.15) is 16.2 Å².